The van der Waals surface area contributed by atoms with Gasteiger partial charge in [-0.05, 0) is 71.8 Å². The van der Waals surface area contributed by atoms with E-state index in [0.717, 1.165) is 5.56 Å². The van der Waals surface area contributed by atoms with Gasteiger partial charge < -0.3 is 40.1 Å². The molecular formula is C34H37N5O8. The van der Waals surface area contributed by atoms with E-state index in [1.54, 1.807) is 31.4 Å². The molecule has 2 amide bonds. The van der Waals surface area contributed by atoms with Crippen molar-refractivity contribution in [2.75, 3.05) is 32.0 Å². The zero-order valence-electron chi connectivity index (χ0n) is 27.0. The Balaban J connectivity index is 1.57. The molecule has 1 unspecified atom stereocenters. The van der Waals surface area contributed by atoms with Crippen molar-refractivity contribution in [2.24, 2.45) is 5.92 Å². The van der Waals surface area contributed by atoms with Crippen molar-refractivity contribution in [3.05, 3.63) is 84.5 Å². The van der Waals surface area contributed by atoms with Crippen LogP contribution >= 0.6 is 0 Å². The highest BCUT2D eigenvalue weighted by Crippen LogP contribution is 2.50. The summed E-state index contributed by atoms with van der Waals surface area (Å²) in [6.45, 7) is 5.11. The van der Waals surface area contributed by atoms with E-state index in [-0.39, 0.29) is 22.9 Å². The second-order valence-corrected chi connectivity index (χ2v) is 11.6. The number of methoxy groups -OCH3 is 3. The van der Waals surface area contributed by atoms with Crippen molar-refractivity contribution in [1.82, 2.24) is 15.3 Å². The predicted molar refractivity (Wildman–Crippen MR) is 179 cm³/mol. The largest absolute Gasteiger partial charge is 0.493 e. The highest BCUT2D eigenvalue weighted by molar-refractivity contribution is 5.98. The minimum Gasteiger partial charge on any atom is -0.493 e. The van der Waals surface area contributed by atoms with Gasteiger partial charge in [-0.3, -0.25) is 24.0 Å². The minimum absolute atomic E-state index is 0.176. The lowest BCUT2D eigenvalue weighted by Crippen LogP contribution is -2.40. The topological polar surface area (TPSA) is 181 Å². The number of fused-ring (bicyclic) bond motifs is 4. The molecule has 2 atom stereocenters. The lowest BCUT2D eigenvalue weighted by molar-refractivity contribution is -0.120. The monoisotopic (exact) mass is 643 g/mol. The molecule has 47 heavy (non-hydrogen) atoms. The maximum absolute atomic E-state index is 13.8. The number of benzene rings is 2. The molecule has 1 heterocycles. The van der Waals surface area contributed by atoms with E-state index in [9.17, 15) is 24.0 Å². The van der Waals surface area contributed by atoms with Gasteiger partial charge in [-0.2, -0.15) is 0 Å². The molecule has 5 N–H and O–H groups in total. The van der Waals surface area contributed by atoms with Gasteiger partial charge in [0.1, 0.15) is 6.04 Å². The zero-order valence-corrected chi connectivity index (χ0v) is 27.0. The third-order valence-electron chi connectivity index (χ3n) is 8.17. The van der Waals surface area contributed by atoms with Crippen LogP contribution in [0.5, 0.6) is 17.2 Å². The number of nitrogens with one attached hydrogen (secondary N) is 5. The minimum atomic E-state index is -0.840. The molecule has 246 valence electrons. The van der Waals surface area contributed by atoms with Gasteiger partial charge in [0.05, 0.1) is 44.1 Å². The molecule has 0 spiro atoms. The first kappa shape index (κ1) is 32.8. The normalized spacial score (nSPS) is 14.3. The first-order chi connectivity index (χ1) is 22.4. The number of anilines is 2. The second kappa shape index (κ2) is 13.4. The van der Waals surface area contributed by atoms with Crippen LogP contribution in [0.3, 0.4) is 0 Å². The average molecular weight is 644 g/mol. The van der Waals surface area contributed by atoms with E-state index in [1.807, 2.05) is 19.9 Å². The molecule has 13 nitrogen and oxygen atoms in total. The molecule has 0 radical (unpaired) electrons. The summed E-state index contributed by atoms with van der Waals surface area (Å²) < 4.78 is 17.1. The number of rotatable bonds is 9. The van der Waals surface area contributed by atoms with E-state index in [0.29, 0.717) is 63.5 Å². The van der Waals surface area contributed by atoms with Crippen LogP contribution in [0.15, 0.2) is 56.8 Å². The number of hydrogen-bond acceptors (Lipinski definition) is 9. The molecule has 1 aliphatic rings. The molecule has 0 fully saturated rings. The molecule has 0 bridgehead atoms. The highest BCUT2D eigenvalue weighted by Gasteiger charge is 2.30. The predicted octanol–water partition coefficient (Wildman–Crippen LogP) is 3.47. The molecule has 3 aromatic carbocycles. The summed E-state index contributed by atoms with van der Waals surface area (Å²) in [6, 6.07) is 10.1. The van der Waals surface area contributed by atoms with Crippen molar-refractivity contribution >= 4 is 34.2 Å². The quantitative estimate of drug-likeness (QED) is 0.171. The summed E-state index contributed by atoms with van der Waals surface area (Å²) in [7, 11) is 4.59. The van der Waals surface area contributed by atoms with Crippen LogP contribution in [0, 0.1) is 5.92 Å². The fourth-order valence-corrected chi connectivity index (χ4v) is 5.94. The summed E-state index contributed by atoms with van der Waals surface area (Å²) in [5, 5.41) is 8.95. The Kier molecular flexibility index (Phi) is 9.36. The van der Waals surface area contributed by atoms with Gasteiger partial charge >= 0.3 is 11.1 Å². The Labute approximate surface area is 269 Å². The Hall–Kier alpha value is -5.59. The van der Waals surface area contributed by atoms with Gasteiger partial charge in [0.25, 0.3) is 0 Å². The fraction of sp³-hybridized carbons (Fsp3) is 0.324. The number of hydrogen-bond donors (Lipinski definition) is 5. The van der Waals surface area contributed by atoms with Crippen LogP contribution in [0.4, 0.5) is 11.4 Å². The lowest BCUT2D eigenvalue weighted by Gasteiger charge is -2.22. The maximum atomic E-state index is 13.8. The average Bonchev–Trinajstić information content (AvgIpc) is 3.27. The number of carbonyl (C=O) groups is 2. The summed E-state index contributed by atoms with van der Waals surface area (Å²) >= 11 is 0. The number of aromatic nitrogens is 2. The molecule has 0 aliphatic heterocycles. The summed E-state index contributed by atoms with van der Waals surface area (Å²) in [5.74, 6) is 0.404. The second-order valence-electron chi connectivity index (χ2n) is 11.6. The van der Waals surface area contributed by atoms with Crippen molar-refractivity contribution in [2.45, 2.75) is 45.7 Å². The van der Waals surface area contributed by atoms with Gasteiger partial charge in [0, 0.05) is 18.2 Å². The molecular weight excluding hydrogens is 606 g/mol. The number of amides is 2. The van der Waals surface area contributed by atoms with Crippen molar-refractivity contribution in [3.63, 3.8) is 0 Å². The Morgan fingerprint density at radius 3 is 2.21 bits per heavy atom. The maximum Gasteiger partial charge on any atom is 0.314 e. The highest BCUT2D eigenvalue weighted by atomic mass is 16.5. The van der Waals surface area contributed by atoms with Crippen LogP contribution in [-0.4, -0.2) is 49.2 Å². The van der Waals surface area contributed by atoms with Crippen LogP contribution in [0.2, 0.25) is 0 Å². The van der Waals surface area contributed by atoms with Crippen LogP contribution in [-0.2, 0) is 16.0 Å². The summed E-state index contributed by atoms with van der Waals surface area (Å²) in [4.78, 5) is 68.1. The molecule has 1 aromatic heterocycles. The Morgan fingerprint density at radius 1 is 0.872 bits per heavy atom. The number of aromatic amines is 2. The number of aryl methyl sites for hydroxylation is 1. The smallest absolute Gasteiger partial charge is 0.314 e. The SMILES string of the molecule is COc1cc2c(c(OC)c1OC)-c1ccc(NC(C(=O)Nc3ccc4[nH]c(=O)c(=O)[nH]c4c3)C(C)C)c(=O)cc1[C@@H](NC(C)=O)CC2. The van der Waals surface area contributed by atoms with E-state index in [2.05, 4.69) is 25.9 Å². The first-order valence-electron chi connectivity index (χ1n) is 15.1. The Morgan fingerprint density at radius 2 is 1.57 bits per heavy atom. The standard InChI is InChI=1S/C34H37N5O8/c1-16(2)29(32(42)36-19-8-11-23-25(14-19)39-34(44)33(43)38-23)37-24-12-9-20-21(15-26(24)41)22(35-17(3)40)10-7-18-13-27(45-4)30(46-5)31(47-6)28(18)20/h8-9,11-16,22,29H,7,10H2,1-6H3,(H,35,40)(H,36,42)(H,37,41)(H,38,43)(H,39,44)/t22-,29?/m0/s1. The molecule has 4 aromatic rings. The third kappa shape index (κ3) is 6.55. The van der Waals surface area contributed by atoms with E-state index in [4.69, 9.17) is 14.2 Å². The van der Waals surface area contributed by atoms with Crippen molar-refractivity contribution in [1.29, 1.82) is 0 Å². The van der Waals surface area contributed by atoms with Crippen LogP contribution < -0.4 is 46.7 Å². The van der Waals surface area contributed by atoms with Crippen molar-refractivity contribution in [3.8, 4) is 28.4 Å². The van der Waals surface area contributed by atoms with E-state index in [1.165, 1.54) is 33.3 Å². The number of carbonyl (C=O) groups excluding carboxylic acids is 2. The van der Waals surface area contributed by atoms with Crippen LogP contribution in [0.1, 0.15) is 44.4 Å². The van der Waals surface area contributed by atoms with Crippen LogP contribution in [0.25, 0.3) is 22.2 Å². The first-order valence-corrected chi connectivity index (χ1v) is 15.1. The van der Waals surface area contributed by atoms with E-state index < -0.39 is 29.1 Å². The van der Waals surface area contributed by atoms with Crippen molar-refractivity contribution < 1.29 is 23.8 Å². The molecule has 13 heteroatoms. The molecule has 1 aliphatic carbocycles. The number of H-pyrrole nitrogens is 2. The fourth-order valence-electron chi connectivity index (χ4n) is 5.94. The number of ether oxygens (including phenoxy) is 3. The summed E-state index contributed by atoms with van der Waals surface area (Å²) in [5.41, 5.74) is 2.21. The van der Waals surface area contributed by atoms with Gasteiger partial charge in [-0.25, -0.2) is 0 Å². The van der Waals surface area contributed by atoms with E-state index >= 15 is 0 Å². The lowest BCUT2D eigenvalue weighted by atomic mass is 9.95. The van der Waals surface area contributed by atoms with Gasteiger partial charge in [-0.1, -0.05) is 19.9 Å². The molecule has 0 saturated heterocycles. The van der Waals surface area contributed by atoms with Gasteiger partial charge in [-0.15, -0.1) is 0 Å². The molecule has 5 rings (SSSR count). The van der Waals surface area contributed by atoms with Gasteiger partial charge in [0.2, 0.25) is 23.0 Å². The summed E-state index contributed by atoms with van der Waals surface area (Å²) in [6.07, 6.45) is 1.06. The third-order valence-corrected chi connectivity index (χ3v) is 8.17. The van der Waals surface area contributed by atoms with Gasteiger partial charge in [0.15, 0.2) is 11.5 Å². The zero-order chi connectivity index (χ0) is 34.0. The molecule has 0 saturated carbocycles. The Bertz CT molecular complexity index is 2050.